The van der Waals surface area contributed by atoms with Crippen molar-refractivity contribution in [3.05, 3.63) is 23.3 Å². The van der Waals surface area contributed by atoms with Crippen molar-refractivity contribution in [1.82, 2.24) is 0 Å². The summed E-state index contributed by atoms with van der Waals surface area (Å²) < 4.78 is 81.3. The molecule has 1 aromatic carbocycles. The van der Waals surface area contributed by atoms with Crippen molar-refractivity contribution < 1.29 is 35.6 Å². The fourth-order valence-electron chi connectivity index (χ4n) is 1.58. The predicted octanol–water partition coefficient (Wildman–Crippen LogP) is 2.39. The Hall–Kier alpha value is -1.35. The molecule has 0 saturated heterocycles. The highest BCUT2D eigenvalue weighted by Gasteiger charge is 2.43. The molecule has 0 fully saturated rings. The van der Waals surface area contributed by atoms with Crippen LogP contribution in [0.15, 0.2) is 17.0 Å². The van der Waals surface area contributed by atoms with Gasteiger partial charge in [0, 0.05) is 12.0 Å². The van der Waals surface area contributed by atoms with Gasteiger partial charge in [0.15, 0.2) is 0 Å². The molecule has 4 nitrogen and oxygen atoms in total. The number of hydrogen-bond acceptors (Lipinski definition) is 3. The number of hydrogen-bond donors (Lipinski definition) is 2. The lowest BCUT2D eigenvalue weighted by Crippen LogP contribution is -2.30. The van der Waals surface area contributed by atoms with Crippen LogP contribution in [0.5, 0.6) is 5.75 Å². The minimum absolute atomic E-state index is 0.139. The van der Waals surface area contributed by atoms with Crippen molar-refractivity contribution in [2.45, 2.75) is 30.6 Å². The van der Waals surface area contributed by atoms with Crippen LogP contribution >= 0.6 is 0 Å². The highest BCUT2D eigenvalue weighted by atomic mass is 32.2. The molecule has 0 saturated carbocycles. The van der Waals surface area contributed by atoms with Gasteiger partial charge in [0.25, 0.3) is 10.1 Å². The van der Waals surface area contributed by atoms with Gasteiger partial charge in [-0.05, 0) is 18.6 Å². The van der Waals surface area contributed by atoms with Crippen molar-refractivity contribution in [2.24, 2.45) is 0 Å². The van der Waals surface area contributed by atoms with Gasteiger partial charge < -0.3 is 5.11 Å². The molecular weight excluding hydrogens is 292 g/mol. The zero-order valence-electron chi connectivity index (χ0n) is 9.57. The van der Waals surface area contributed by atoms with Crippen molar-refractivity contribution >= 4 is 10.1 Å². The van der Waals surface area contributed by atoms with Crippen LogP contribution in [0.25, 0.3) is 0 Å². The van der Waals surface area contributed by atoms with E-state index in [0.29, 0.717) is 0 Å². The summed E-state index contributed by atoms with van der Waals surface area (Å²) in [6, 6.07) is 1.95. The van der Waals surface area contributed by atoms with E-state index in [0.717, 1.165) is 12.1 Å². The van der Waals surface area contributed by atoms with E-state index >= 15 is 0 Å². The van der Waals surface area contributed by atoms with Crippen LogP contribution < -0.4 is 0 Å². The molecule has 108 valence electrons. The minimum Gasteiger partial charge on any atom is -0.508 e. The third kappa shape index (κ3) is 3.35. The Morgan fingerprint density at radius 2 is 1.84 bits per heavy atom. The molecule has 0 aliphatic rings. The number of aromatic hydroxyl groups is 1. The first kappa shape index (κ1) is 15.7. The van der Waals surface area contributed by atoms with Crippen molar-refractivity contribution in [3.63, 3.8) is 0 Å². The Bertz CT molecular complexity index is 583. The summed E-state index contributed by atoms with van der Waals surface area (Å²) >= 11 is 0. The fourth-order valence-corrected chi connectivity index (χ4v) is 2.54. The molecule has 0 atom stereocenters. The number of aryl methyl sites for hydroxylation is 1. The van der Waals surface area contributed by atoms with Crippen LogP contribution in [0.3, 0.4) is 0 Å². The number of rotatable bonds is 4. The summed E-state index contributed by atoms with van der Waals surface area (Å²) in [5, 5.41) is 9.37. The molecule has 1 aromatic rings. The minimum atomic E-state index is -4.92. The van der Waals surface area contributed by atoms with Crippen molar-refractivity contribution in [2.75, 3.05) is 0 Å². The second kappa shape index (κ2) is 4.97. The molecule has 0 heterocycles. The summed E-state index contributed by atoms with van der Waals surface area (Å²) in [4.78, 5) is -0.979. The van der Waals surface area contributed by atoms with E-state index in [1.54, 1.807) is 0 Å². The van der Waals surface area contributed by atoms with E-state index in [1.807, 2.05) is 0 Å². The lowest BCUT2D eigenvalue weighted by atomic mass is 10.0. The van der Waals surface area contributed by atoms with Gasteiger partial charge in [0.1, 0.15) is 10.6 Å². The van der Waals surface area contributed by atoms with Crippen LogP contribution in [-0.4, -0.2) is 30.4 Å². The molecule has 0 aliphatic heterocycles. The molecule has 0 spiro atoms. The average molecular weight is 302 g/mol. The Labute approximate surface area is 106 Å². The monoisotopic (exact) mass is 302 g/mol. The smallest absolute Gasteiger partial charge is 0.311 e. The second-order valence-electron chi connectivity index (χ2n) is 3.92. The maximum atomic E-state index is 13.0. The number of phenolic OH excluding ortho intramolecular Hbond substituents is 1. The van der Waals surface area contributed by atoms with E-state index < -0.39 is 45.1 Å². The maximum Gasteiger partial charge on any atom is 0.311 e. The Morgan fingerprint density at radius 3 is 2.26 bits per heavy atom. The third-order valence-electron chi connectivity index (χ3n) is 2.42. The molecule has 9 heteroatoms. The van der Waals surface area contributed by atoms with Gasteiger partial charge >= 0.3 is 12.3 Å². The summed E-state index contributed by atoms with van der Waals surface area (Å²) in [5.41, 5.74) is -1.08. The van der Waals surface area contributed by atoms with Crippen molar-refractivity contribution in [3.8, 4) is 5.75 Å². The first-order valence-electron chi connectivity index (χ1n) is 4.91. The van der Waals surface area contributed by atoms with E-state index in [4.69, 9.17) is 4.55 Å². The van der Waals surface area contributed by atoms with Crippen LogP contribution in [0.2, 0.25) is 0 Å². The lowest BCUT2D eigenvalue weighted by molar-refractivity contribution is -0.127. The summed E-state index contributed by atoms with van der Waals surface area (Å²) in [5.74, 6) is -5.43. The zero-order valence-corrected chi connectivity index (χ0v) is 10.4. The van der Waals surface area contributed by atoms with Crippen LogP contribution in [0.1, 0.15) is 11.1 Å². The normalized spacial score (nSPS) is 13.0. The molecule has 0 radical (unpaired) electrons. The maximum absolute atomic E-state index is 13.0. The second-order valence-corrected chi connectivity index (χ2v) is 5.28. The highest BCUT2D eigenvalue weighted by Crippen LogP contribution is 2.35. The topological polar surface area (TPSA) is 74.6 Å². The van der Waals surface area contributed by atoms with Crippen molar-refractivity contribution in [1.29, 1.82) is 0 Å². The van der Waals surface area contributed by atoms with Gasteiger partial charge in [0.2, 0.25) is 0 Å². The summed E-state index contributed by atoms with van der Waals surface area (Å²) in [7, 11) is -4.92. The molecule has 19 heavy (non-hydrogen) atoms. The first-order valence-corrected chi connectivity index (χ1v) is 6.35. The number of benzene rings is 1. The van der Waals surface area contributed by atoms with E-state index in [9.17, 15) is 31.1 Å². The Balaban J connectivity index is 3.47. The largest absolute Gasteiger partial charge is 0.508 e. The molecular formula is C10H10F4O4S. The first-order chi connectivity index (χ1) is 8.47. The summed E-state index contributed by atoms with van der Waals surface area (Å²) in [6.07, 6.45) is -5.73. The predicted molar refractivity (Wildman–Crippen MR) is 57.3 cm³/mol. The Kier molecular flexibility index (Phi) is 4.11. The van der Waals surface area contributed by atoms with Crippen LogP contribution in [0.4, 0.5) is 17.6 Å². The van der Waals surface area contributed by atoms with Gasteiger partial charge in [-0.15, -0.1) is 0 Å². The van der Waals surface area contributed by atoms with E-state index in [1.165, 1.54) is 6.92 Å². The molecule has 0 aromatic heterocycles. The van der Waals surface area contributed by atoms with Gasteiger partial charge in [-0.25, -0.2) is 8.78 Å². The standard InChI is InChI=1S/C10H10F4O4S/c1-5-2-3-7(15)6(8(5)19(16,17)18)4-10(13,14)9(11)12/h2-3,9,15H,4H2,1H3,(H,16,17,18). The highest BCUT2D eigenvalue weighted by molar-refractivity contribution is 7.86. The van der Waals surface area contributed by atoms with Gasteiger partial charge in [0.05, 0.1) is 0 Å². The Morgan fingerprint density at radius 1 is 1.32 bits per heavy atom. The zero-order chi connectivity index (χ0) is 15.0. The number of halogens is 4. The molecule has 2 N–H and O–H groups in total. The molecule has 0 bridgehead atoms. The van der Waals surface area contributed by atoms with E-state index in [2.05, 4.69) is 0 Å². The number of alkyl halides is 4. The molecule has 0 amide bonds. The molecule has 1 rings (SSSR count). The quantitative estimate of drug-likeness (QED) is 0.661. The molecule has 0 unspecified atom stereocenters. The third-order valence-corrected chi connectivity index (χ3v) is 3.51. The van der Waals surface area contributed by atoms with Crippen LogP contribution in [-0.2, 0) is 16.5 Å². The van der Waals surface area contributed by atoms with Crippen LogP contribution in [0, 0.1) is 6.92 Å². The summed E-state index contributed by atoms with van der Waals surface area (Å²) in [6.45, 7) is 1.17. The lowest BCUT2D eigenvalue weighted by Gasteiger charge is -2.18. The number of phenols is 1. The molecule has 0 aliphatic carbocycles. The van der Waals surface area contributed by atoms with Gasteiger partial charge in [-0.2, -0.15) is 17.2 Å². The fraction of sp³-hybridized carbons (Fsp3) is 0.400. The SMILES string of the molecule is Cc1ccc(O)c(CC(F)(F)C(F)F)c1S(=O)(=O)O. The van der Waals surface area contributed by atoms with E-state index in [-0.39, 0.29) is 5.56 Å². The van der Waals surface area contributed by atoms with Gasteiger partial charge in [-0.1, -0.05) is 6.07 Å². The average Bonchev–Trinajstić information content (AvgIpc) is 2.21. The van der Waals surface area contributed by atoms with Gasteiger partial charge in [-0.3, -0.25) is 4.55 Å².